The van der Waals surface area contributed by atoms with Gasteiger partial charge in [0.15, 0.2) is 11.0 Å². The highest BCUT2D eigenvalue weighted by atomic mass is 35.5. The van der Waals surface area contributed by atoms with Gasteiger partial charge in [-0.1, -0.05) is 11.6 Å². The van der Waals surface area contributed by atoms with E-state index < -0.39 is 0 Å². The van der Waals surface area contributed by atoms with Crippen LogP contribution in [-0.4, -0.2) is 46.5 Å². The lowest BCUT2D eigenvalue weighted by Gasteiger charge is -2.34. The van der Waals surface area contributed by atoms with Gasteiger partial charge in [0.05, 0.1) is 24.9 Å². The van der Waals surface area contributed by atoms with E-state index in [1.54, 1.807) is 0 Å². The summed E-state index contributed by atoms with van der Waals surface area (Å²) in [6.45, 7) is 1.54. The van der Waals surface area contributed by atoms with Gasteiger partial charge >= 0.3 is 0 Å². The number of amides is 1. The molecule has 0 aromatic carbocycles. The molecule has 1 unspecified atom stereocenters. The fraction of sp³-hybridized carbons (Fsp3) is 0.700. The number of aromatic nitrogens is 2. The second-order valence-corrected chi connectivity index (χ2v) is 5.33. The van der Waals surface area contributed by atoms with Crippen molar-refractivity contribution in [2.24, 2.45) is 0 Å². The largest absolute Gasteiger partial charge is 0.377 e. The number of morpholine rings is 1. The van der Waals surface area contributed by atoms with E-state index in [0.717, 1.165) is 24.6 Å². The quantitative estimate of drug-likeness (QED) is 0.886. The number of anilines is 1. The summed E-state index contributed by atoms with van der Waals surface area (Å²) >= 11 is 7.04. The number of carbonyl (C=O) groups excluding carboxylic acids is 1. The number of ether oxygens (including phenoxy) is 1. The summed E-state index contributed by atoms with van der Waals surface area (Å²) in [4.78, 5) is 14.0. The summed E-state index contributed by atoms with van der Waals surface area (Å²) in [7, 11) is 0. The van der Waals surface area contributed by atoms with Gasteiger partial charge in [-0.05, 0) is 12.8 Å². The van der Waals surface area contributed by atoms with Crippen LogP contribution >= 0.6 is 23.3 Å². The Labute approximate surface area is 114 Å². The van der Waals surface area contributed by atoms with Gasteiger partial charge in [0.1, 0.15) is 6.04 Å². The molecule has 0 spiro atoms. The molecule has 1 aromatic heterocycles. The van der Waals surface area contributed by atoms with Crippen LogP contribution in [0.2, 0.25) is 5.15 Å². The molecule has 1 amide bonds. The minimum absolute atomic E-state index is 0.0127. The molecular weight excluding hydrogens is 276 g/mol. The second kappa shape index (κ2) is 4.99. The first-order valence-electron chi connectivity index (χ1n) is 5.88. The molecule has 98 valence electrons. The van der Waals surface area contributed by atoms with Crippen LogP contribution in [0.15, 0.2) is 0 Å². The highest BCUT2D eigenvalue weighted by Crippen LogP contribution is 2.27. The first-order chi connectivity index (χ1) is 8.75. The molecule has 2 fully saturated rings. The lowest BCUT2D eigenvalue weighted by Crippen LogP contribution is -2.54. The lowest BCUT2D eigenvalue weighted by molar-refractivity contribution is -0.124. The molecule has 0 bridgehead atoms. The number of carbonyl (C=O) groups is 1. The molecule has 1 aliphatic carbocycles. The number of nitrogens with zero attached hydrogens (tertiary/aromatic N) is 3. The van der Waals surface area contributed by atoms with Gasteiger partial charge < -0.3 is 15.0 Å². The second-order valence-electron chi connectivity index (χ2n) is 4.45. The van der Waals surface area contributed by atoms with Gasteiger partial charge in [-0.15, -0.1) is 0 Å². The van der Waals surface area contributed by atoms with Crippen LogP contribution in [0.25, 0.3) is 0 Å². The van der Waals surface area contributed by atoms with E-state index in [1.165, 1.54) is 0 Å². The maximum atomic E-state index is 12.1. The van der Waals surface area contributed by atoms with E-state index >= 15 is 0 Å². The van der Waals surface area contributed by atoms with Crippen LogP contribution < -0.4 is 10.2 Å². The maximum absolute atomic E-state index is 12.1. The third-order valence-corrected chi connectivity index (χ3v) is 3.93. The fourth-order valence-corrected chi connectivity index (χ4v) is 2.70. The number of hydrogen-bond acceptors (Lipinski definition) is 6. The Balaban J connectivity index is 1.76. The average molecular weight is 289 g/mol. The van der Waals surface area contributed by atoms with E-state index in [2.05, 4.69) is 14.1 Å². The van der Waals surface area contributed by atoms with E-state index in [4.69, 9.17) is 16.3 Å². The Morgan fingerprint density at radius 3 is 3.00 bits per heavy atom. The molecule has 0 radical (unpaired) electrons. The summed E-state index contributed by atoms with van der Waals surface area (Å²) in [6.07, 6.45) is 2.14. The topological polar surface area (TPSA) is 67.3 Å². The van der Waals surface area contributed by atoms with Crippen LogP contribution in [-0.2, 0) is 9.53 Å². The van der Waals surface area contributed by atoms with Crippen LogP contribution in [0.5, 0.6) is 0 Å². The maximum Gasteiger partial charge on any atom is 0.245 e. The molecule has 2 aliphatic rings. The zero-order valence-electron chi connectivity index (χ0n) is 9.63. The van der Waals surface area contributed by atoms with Gasteiger partial charge in [0.2, 0.25) is 5.91 Å². The zero-order chi connectivity index (χ0) is 12.5. The molecule has 1 aliphatic heterocycles. The van der Waals surface area contributed by atoms with Gasteiger partial charge in [-0.2, -0.15) is 8.75 Å². The molecule has 1 saturated carbocycles. The molecule has 6 nitrogen and oxygen atoms in total. The van der Waals surface area contributed by atoms with Gasteiger partial charge in [-0.3, -0.25) is 4.79 Å². The van der Waals surface area contributed by atoms with Crippen molar-refractivity contribution in [3.05, 3.63) is 5.15 Å². The lowest BCUT2D eigenvalue weighted by atomic mass is 10.2. The van der Waals surface area contributed by atoms with Crippen LogP contribution in [0.1, 0.15) is 12.8 Å². The minimum atomic E-state index is -0.360. The first-order valence-corrected chi connectivity index (χ1v) is 6.99. The SMILES string of the molecule is O=C(NC1CC1)C1COCCN1c1nsnc1Cl. The summed E-state index contributed by atoms with van der Waals surface area (Å²) in [5.41, 5.74) is 0. The Hall–Kier alpha value is -0.920. The monoisotopic (exact) mass is 288 g/mol. The van der Waals surface area contributed by atoms with Crippen molar-refractivity contribution in [2.45, 2.75) is 24.9 Å². The Bertz CT molecular complexity index is 451. The van der Waals surface area contributed by atoms with Crippen LogP contribution in [0.3, 0.4) is 0 Å². The first kappa shape index (κ1) is 12.1. The number of rotatable bonds is 3. The fourth-order valence-electron chi connectivity index (χ4n) is 1.94. The van der Waals surface area contributed by atoms with Crippen molar-refractivity contribution in [3.63, 3.8) is 0 Å². The normalized spacial score (nSPS) is 24.1. The van der Waals surface area contributed by atoms with Crippen molar-refractivity contribution in [2.75, 3.05) is 24.7 Å². The summed E-state index contributed by atoms with van der Waals surface area (Å²) in [5, 5.41) is 3.34. The van der Waals surface area contributed by atoms with E-state index in [1.807, 2.05) is 4.90 Å². The van der Waals surface area contributed by atoms with E-state index in [9.17, 15) is 4.79 Å². The Morgan fingerprint density at radius 1 is 1.50 bits per heavy atom. The zero-order valence-corrected chi connectivity index (χ0v) is 11.2. The van der Waals surface area contributed by atoms with Crippen molar-refractivity contribution in [1.29, 1.82) is 0 Å². The van der Waals surface area contributed by atoms with Gasteiger partial charge in [0.25, 0.3) is 0 Å². The molecule has 1 saturated heterocycles. The molecule has 2 heterocycles. The highest BCUT2D eigenvalue weighted by Gasteiger charge is 2.35. The predicted molar refractivity (Wildman–Crippen MR) is 68.0 cm³/mol. The van der Waals surface area contributed by atoms with Gasteiger partial charge in [0, 0.05) is 12.6 Å². The van der Waals surface area contributed by atoms with Crippen molar-refractivity contribution in [3.8, 4) is 0 Å². The molecule has 1 aromatic rings. The van der Waals surface area contributed by atoms with Crippen LogP contribution in [0.4, 0.5) is 5.82 Å². The molecule has 1 atom stereocenters. The standard InChI is InChI=1S/C10H13ClN4O2S/c11-8-9(14-18-13-8)15-3-4-17-5-7(15)10(16)12-6-1-2-6/h6-7H,1-5H2,(H,12,16). The van der Waals surface area contributed by atoms with E-state index in [-0.39, 0.29) is 11.9 Å². The summed E-state index contributed by atoms with van der Waals surface area (Å²) in [6, 6.07) is -0.0222. The number of nitrogens with one attached hydrogen (secondary N) is 1. The minimum Gasteiger partial charge on any atom is -0.377 e. The summed E-state index contributed by atoms with van der Waals surface area (Å²) < 4.78 is 13.5. The van der Waals surface area contributed by atoms with Crippen molar-refractivity contribution in [1.82, 2.24) is 14.1 Å². The third kappa shape index (κ3) is 2.43. The van der Waals surface area contributed by atoms with Crippen LogP contribution in [0, 0.1) is 0 Å². The molecule has 18 heavy (non-hydrogen) atoms. The summed E-state index contributed by atoms with van der Waals surface area (Å²) in [5.74, 6) is 0.571. The highest BCUT2D eigenvalue weighted by molar-refractivity contribution is 6.99. The Morgan fingerprint density at radius 2 is 2.33 bits per heavy atom. The smallest absolute Gasteiger partial charge is 0.245 e. The molecule has 1 N–H and O–H groups in total. The molecule has 8 heteroatoms. The van der Waals surface area contributed by atoms with E-state index in [0.29, 0.717) is 36.8 Å². The third-order valence-electron chi connectivity index (χ3n) is 3.06. The van der Waals surface area contributed by atoms with Crippen molar-refractivity contribution >= 4 is 35.1 Å². The van der Waals surface area contributed by atoms with Gasteiger partial charge in [-0.25, -0.2) is 0 Å². The predicted octanol–water partition coefficient (Wildman–Crippen LogP) is 0.675. The molecular formula is C10H13ClN4O2S. The number of hydrogen-bond donors (Lipinski definition) is 1. The number of halogens is 1. The Kier molecular flexibility index (Phi) is 3.36. The molecule has 3 rings (SSSR count). The van der Waals surface area contributed by atoms with Crippen molar-refractivity contribution < 1.29 is 9.53 Å². The average Bonchev–Trinajstić information content (AvgIpc) is 3.09.